The second kappa shape index (κ2) is 10.9. The highest BCUT2D eigenvalue weighted by molar-refractivity contribution is 5.72. The molecular formula is C11H22O5. The van der Waals surface area contributed by atoms with Crippen LogP contribution in [0.2, 0.25) is 0 Å². The summed E-state index contributed by atoms with van der Waals surface area (Å²) < 4.78 is 15.3. The Morgan fingerprint density at radius 3 is 2.56 bits per heavy atom. The van der Waals surface area contributed by atoms with Gasteiger partial charge in [-0.05, 0) is 12.8 Å². The molecule has 0 aromatic carbocycles. The number of carboxylic acids is 1. The summed E-state index contributed by atoms with van der Waals surface area (Å²) in [5, 5.41) is 8.80. The molecule has 1 atom stereocenters. The maximum absolute atomic E-state index is 10.7. The first-order valence-electron chi connectivity index (χ1n) is 5.63. The van der Waals surface area contributed by atoms with Gasteiger partial charge in [-0.25, -0.2) is 4.79 Å². The first-order chi connectivity index (χ1) is 7.72. The smallest absolute Gasteiger partial charge is 0.332 e. The molecule has 0 fully saturated rings. The molecule has 0 bridgehead atoms. The second-order valence-corrected chi connectivity index (χ2v) is 3.45. The van der Waals surface area contributed by atoms with Crippen molar-refractivity contribution in [3.05, 3.63) is 0 Å². The molecule has 0 saturated carbocycles. The SMILES string of the molecule is CCCC(OCCCOCCOC)C(=O)O. The summed E-state index contributed by atoms with van der Waals surface area (Å²) in [4.78, 5) is 10.7. The number of methoxy groups -OCH3 is 1. The van der Waals surface area contributed by atoms with Crippen molar-refractivity contribution in [2.75, 3.05) is 33.5 Å². The first-order valence-corrected chi connectivity index (χ1v) is 5.63. The van der Waals surface area contributed by atoms with Gasteiger partial charge in [-0.1, -0.05) is 13.3 Å². The summed E-state index contributed by atoms with van der Waals surface area (Å²) in [6, 6.07) is 0. The van der Waals surface area contributed by atoms with Crippen molar-refractivity contribution < 1.29 is 24.1 Å². The van der Waals surface area contributed by atoms with E-state index in [0.29, 0.717) is 39.3 Å². The van der Waals surface area contributed by atoms with Crippen molar-refractivity contribution in [1.82, 2.24) is 0 Å². The zero-order valence-electron chi connectivity index (χ0n) is 10.1. The fourth-order valence-electron chi connectivity index (χ4n) is 1.17. The Hall–Kier alpha value is -0.650. The van der Waals surface area contributed by atoms with E-state index in [1.54, 1.807) is 7.11 Å². The molecule has 0 aliphatic rings. The molecule has 0 aromatic heterocycles. The molecule has 0 radical (unpaired) electrons. The van der Waals surface area contributed by atoms with Gasteiger partial charge in [-0.15, -0.1) is 0 Å². The third-order valence-corrected chi connectivity index (χ3v) is 2.01. The summed E-state index contributed by atoms with van der Waals surface area (Å²) in [7, 11) is 1.62. The van der Waals surface area contributed by atoms with E-state index < -0.39 is 12.1 Å². The van der Waals surface area contributed by atoms with Gasteiger partial charge in [0.15, 0.2) is 6.10 Å². The third-order valence-electron chi connectivity index (χ3n) is 2.01. The van der Waals surface area contributed by atoms with Crippen molar-refractivity contribution in [3.63, 3.8) is 0 Å². The van der Waals surface area contributed by atoms with Crippen molar-refractivity contribution in [1.29, 1.82) is 0 Å². The lowest BCUT2D eigenvalue weighted by atomic mass is 10.2. The summed E-state index contributed by atoms with van der Waals surface area (Å²) in [6.07, 6.45) is 1.39. The van der Waals surface area contributed by atoms with Gasteiger partial charge in [-0.2, -0.15) is 0 Å². The van der Waals surface area contributed by atoms with Crippen LogP contribution in [0.1, 0.15) is 26.2 Å². The van der Waals surface area contributed by atoms with Gasteiger partial charge in [0.25, 0.3) is 0 Å². The molecule has 96 valence electrons. The molecular weight excluding hydrogens is 212 g/mol. The highest BCUT2D eigenvalue weighted by Gasteiger charge is 2.15. The Morgan fingerprint density at radius 1 is 1.25 bits per heavy atom. The number of carboxylic acid groups (broad SMARTS) is 1. The lowest BCUT2D eigenvalue weighted by molar-refractivity contribution is -0.151. The molecule has 0 amide bonds. The average molecular weight is 234 g/mol. The van der Waals surface area contributed by atoms with Gasteiger partial charge in [0.1, 0.15) is 0 Å². The van der Waals surface area contributed by atoms with E-state index in [-0.39, 0.29) is 0 Å². The van der Waals surface area contributed by atoms with E-state index in [1.165, 1.54) is 0 Å². The largest absolute Gasteiger partial charge is 0.479 e. The van der Waals surface area contributed by atoms with Gasteiger partial charge in [0.2, 0.25) is 0 Å². The van der Waals surface area contributed by atoms with E-state index >= 15 is 0 Å². The topological polar surface area (TPSA) is 65.0 Å². The Labute approximate surface area is 96.7 Å². The maximum Gasteiger partial charge on any atom is 0.332 e. The van der Waals surface area contributed by atoms with Crippen molar-refractivity contribution in [3.8, 4) is 0 Å². The molecule has 0 saturated heterocycles. The van der Waals surface area contributed by atoms with Crippen LogP contribution in [0.25, 0.3) is 0 Å². The summed E-state index contributed by atoms with van der Waals surface area (Å²) in [6.45, 7) is 4.07. The predicted molar refractivity (Wildman–Crippen MR) is 59.6 cm³/mol. The molecule has 5 nitrogen and oxygen atoms in total. The summed E-state index contributed by atoms with van der Waals surface area (Å²) >= 11 is 0. The summed E-state index contributed by atoms with van der Waals surface area (Å²) in [5.74, 6) is -0.887. The van der Waals surface area contributed by atoms with Crippen LogP contribution in [0.3, 0.4) is 0 Å². The molecule has 1 unspecified atom stereocenters. The Bertz CT molecular complexity index is 172. The number of rotatable bonds is 11. The van der Waals surface area contributed by atoms with Crippen LogP contribution in [-0.4, -0.2) is 50.7 Å². The zero-order valence-corrected chi connectivity index (χ0v) is 10.1. The van der Waals surface area contributed by atoms with Crippen LogP contribution >= 0.6 is 0 Å². The quantitative estimate of drug-likeness (QED) is 0.546. The van der Waals surface area contributed by atoms with Crippen LogP contribution in [0.15, 0.2) is 0 Å². The minimum atomic E-state index is -0.887. The van der Waals surface area contributed by atoms with E-state index in [9.17, 15) is 4.79 Å². The lowest BCUT2D eigenvalue weighted by Crippen LogP contribution is -2.24. The Kier molecular flexibility index (Phi) is 10.4. The highest BCUT2D eigenvalue weighted by Crippen LogP contribution is 2.03. The number of carbonyl (C=O) groups is 1. The summed E-state index contributed by atoms with van der Waals surface area (Å²) in [5.41, 5.74) is 0. The molecule has 0 rings (SSSR count). The third kappa shape index (κ3) is 8.64. The molecule has 5 heteroatoms. The van der Waals surface area contributed by atoms with Crippen molar-refractivity contribution >= 4 is 5.97 Å². The lowest BCUT2D eigenvalue weighted by Gasteiger charge is -2.12. The minimum Gasteiger partial charge on any atom is -0.479 e. The van der Waals surface area contributed by atoms with Crippen molar-refractivity contribution in [2.45, 2.75) is 32.3 Å². The predicted octanol–water partition coefficient (Wildman–Crippen LogP) is 1.31. The van der Waals surface area contributed by atoms with E-state index in [0.717, 1.165) is 6.42 Å². The zero-order chi connectivity index (χ0) is 12.2. The van der Waals surface area contributed by atoms with Gasteiger partial charge >= 0.3 is 5.97 Å². The van der Waals surface area contributed by atoms with E-state index in [1.807, 2.05) is 6.92 Å². The number of hydrogen-bond donors (Lipinski definition) is 1. The Morgan fingerprint density at radius 2 is 2.00 bits per heavy atom. The van der Waals surface area contributed by atoms with Gasteiger partial charge in [0, 0.05) is 20.3 Å². The monoisotopic (exact) mass is 234 g/mol. The normalized spacial score (nSPS) is 12.6. The van der Waals surface area contributed by atoms with Gasteiger partial charge in [-0.3, -0.25) is 0 Å². The molecule has 1 N–H and O–H groups in total. The van der Waals surface area contributed by atoms with Crippen LogP contribution < -0.4 is 0 Å². The minimum absolute atomic E-state index is 0.421. The van der Waals surface area contributed by atoms with Crippen LogP contribution in [0, 0.1) is 0 Å². The molecule has 0 aliphatic heterocycles. The number of ether oxygens (including phenoxy) is 3. The average Bonchev–Trinajstić information content (AvgIpc) is 2.26. The fourth-order valence-corrected chi connectivity index (χ4v) is 1.17. The number of hydrogen-bond acceptors (Lipinski definition) is 4. The standard InChI is InChI=1S/C11H22O5/c1-3-5-10(11(12)13)16-7-4-6-15-9-8-14-2/h10H,3-9H2,1-2H3,(H,12,13). The molecule has 0 aromatic rings. The molecule has 0 aliphatic carbocycles. The second-order valence-electron chi connectivity index (χ2n) is 3.45. The first kappa shape index (κ1) is 15.3. The highest BCUT2D eigenvalue weighted by atomic mass is 16.5. The Balaban J connectivity index is 3.37. The molecule has 0 spiro atoms. The van der Waals surface area contributed by atoms with Crippen LogP contribution in [0.4, 0.5) is 0 Å². The van der Waals surface area contributed by atoms with Gasteiger partial charge < -0.3 is 19.3 Å². The molecule has 0 heterocycles. The van der Waals surface area contributed by atoms with Gasteiger partial charge in [0.05, 0.1) is 13.2 Å². The number of aliphatic carboxylic acids is 1. The van der Waals surface area contributed by atoms with Crippen LogP contribution in [-0.2, 0) is 19.0 Å². The molecule has 16 heavy (non-hydrogen) atoms. The van der Waals surface area contributed by atoms with E-state index in [2.05, 4.69) is 0 Å². The van der Waals surface area contributed by atoms with Crippen molar-refractivity contribution in [2.24, 2.45) is 0 Å². The van der Waals surface area contributed by atoms with E-state index in [4.69, 9.17) is 19.3 Å². The maximum atomic E-state index is 10.7. The van der Waals surface area contributed by atoms with Crippen LogP contribution in [0.5, 0.6) is 0 Å². The fraction of sp³-hybridized carbons (Fsp3) is 0.909.